The van der Waals surface area contributed by atoms with Gasteiger partial charge < -0.3 is 19.1 Å². The number of rotatable bonds is 4. The fourth-order valence-corrected chi connectivity index (χ4v) is 3.48. The molecule has 6 heteroatoms. The number of fused-ring (bicyclic) bond motifs is 1. The Bertz CT molecular complexity index is 797. The minimum Gasteiger partial charge on any atom is -0.493 e. The summed E-state index contributed by atoms with van der Waals surface area (Å²) in [7, 11) is 6.86. The smallest absolute Gasteiger partial charge is 0.203 e. The van der Waals surface area contributed by atoms with Crippen molar-refractivity contribution in [3.63, 3.8) is 0 Å². The molecule has 1 atom stereocenters. The Morgan fingerprint density at radius 2 is 1.69 bits per heavy atom. The van der Waals surface area contributed by atoms with Crippen LogP contribution in [0.3, 0.4) is 0 Å². The Hall–Kier alpha value is -2.40. The van der Waals surface area contributed by atoms with Crippen LogP contribution in [0.2, 0.25) is 0 Å². The highest BCUT2D eigenvalue weighted by atomic mass is 35.5. The van der Waals surface area contributed by atoms with Crippen LogP contribution in [0.5, 0.6) is 17.2 Å². The molecule has 3 rings (SSSR count). The number of hydrogen-bond acceptors (Lipinski definition) is 5. The Labute approximate surface area is 159 Å². The van der Waals surface area contributed by atoms with E-state index in [2.05, 4.69) is 17.0 Å². The molecule has 1 heterocycles. The predicted molar refractivity (Wildman–Crippen MR) is 106 cm³/mol. The van der Waals surface area contributed by atoms with E-state index in [1.165, 1.54) is 0 Å². The zero-order valence-electron chi connectivity index (χ0n) is 15.5. The van der Waals surface area contributed by atoms with E-state index in [9.17, 15) is 0 Å². The highest BCUT2D eigenvalue weighted by Crippen LogP contribution is 2.39. The fraction of sp³-hybridized carbons (Fsp3) is 0.350. The first-order chi connectivity index (χ1) is 12.6. The lowest BCUT2D eigenvalue weighted by Crippen LogP contribution is -2.31. The van der Waals surface area contributed by atoms with Crippen LogP contribution in [0.1, 0.15) is 11.1 Å². The molecule has 0 fully saturated rings. The molecule has 0 aliphatic carbocycles. The Morgan fingerprint density at radius 3 is 2.31 bits per heavy atom. The van der Waals surface area contributed by atoms with Crippen molar-refractivity contribution >= 4 is 23.0 Å². The highest BCUT2D eigenvalue weighted by molar-refractivity contribution is 6.22. The summed E-state index contributed by atoms with van der Waals surface area (Å²) in [6, 6.07) is 12.0. The van der Waals surface area contributed by atoms with Crippen molar-refractivity contribution in [1.82, 2.24) is 0 Å². The van der Waals surface area contributed by atoms with Crippen LogP contribution in [-0.2, 0) is 0 Å². The van der Waals surface area contributed by atoms with Gasteiger partial charge in [0.1, 0.15) is 0 Å². The average Bonchev–Trinajstić information content (AvgIpc) is 2.66. The first-order valence-electron chi connectivity index (χ1n) is 8.38. The normalized spacial score (nSPS) is 18.9. The summed E-state index contributed by atoms with van der Waals surface area (Å²) in [6.45, 7) is 1.27. The summed E-state index contributed by atoms with van der Waals surface area (Å²) in [5.41, 5.74) is 3.89. The largest absolute Gasteiger partial charge is 0.493 e. The van der Waals surface area contributed by atoms with E-state index in [0.717, 1.165) is 29.1 Å². The molecule has 0 N–H and O–H groups in total. The first kappa shape index (κ1) is 18.4. The number of benzene rings is 2. The molecule has 1 aliphatic heterocycles. The molecule has 0 spiro atoms. The zero-order chi connectivity index (χ0) is 18.7. The maximum atomic E-state index is 6.45. The second-order valence-electron chi connectivity index (χ2n) is 6.10. The summed E-state index contributed by atoms with van der Waals surface area (Å²) in [5, 5.41) is -0.0644. The van der Waals surface area contributed by atoms with Crippen molar-refractivity contribution in [3.8, 4) is 17.2 Å². The summed E-state index contributed by atoms with van der Waals surface area (Å²) >= 11 is 6.45. The van der Waals surface area contributed by atoms with Gasteiger partial charge in [0.05, 0.1) is 39.0 Å². The van der Waals surface area contributed by atoms with E-state index in [1.54, 1.807) is 21.3 Å². The number of anilines is 1. The molecule has 5 nitrogen and oxygen atoms in total. The SMILES string of the molecule is COc1cc(/C2=N/CC(Cl)CN(C)c3ccccc32)cc(OC)c1OC. The van der Waals surface area contributed by atoms with Crippen LogP contribution in [0.15, 0.2) is 41.4 Å². The number of alkyl halides is 1. The van der Waals surface area contributed by atoms with Crippen molar-refractivity contribution in [2.45, 2.75) is 5.38 Å². The van der Waals surface area contributed by atoms with Gasteiger partial charge in [-0.05, 0) is 18.2 Å². The predicted octanol–water partition coefficient (Wildman–Crippen LogP) is 3.61. The third-order valence-electron chi connectivity index (χ3n) is 4.43. The molecule has 2 aromatic rings. The number of halogens is 1. The second-order valence-corrected chi connectivity index (χ2v) is 6.72. The quantitative estimate of drug-likeness (QED) is 0.767. The van der Waals surface area contributed by atoms with E-state index < -0.39 is 0 Å². The summed E-state index contributed by atoms with van der Waals surface area (Å²) in [5.74, 6) is 1.76. The van der Waals surface area contributed by atoms with Gasteiger partial charge in [-0.1, -0.05) is 18.2 Å². The molecule has 0 saturated heterocycles. The molecule has 138 valence electrons. The number of aliphatic imine (C=N–C) groups is 1. The van der Waals surface area contributed by atoms with Gasteiger partial charge in [0.25, 0.3) is 0 Å². The van der Waals surface area contributed by atoms with E-state index in [1.807, 2.05) is 31.3 Å². The summed E-state index contributed by atoms with van der Waals surface area (Å²) in [6.07, 6.45) is 0. The molecule has 0 aromatic heterocycles. The van der Waals surface area contributed by atoms with Crippen molar-refractivity contribution in [3.05, 3.63) is 47.5 Å². The molecule has 0 amide bonds. The van der Waals surface area contributed by atoms with Crippen LogP contribution in [0.25, 0.3) is 0 Å². The van der Waals surface area contributed by atoms with Crippen molar-refractivity contribution in [1.29, 1.82) is 0 Å². The van der Waals surface area contributed by atoms with Crippen LogP contribution < -0.4 is 19.1 Å². The van der Waals surface area contributed by atoms with Crippen LogP contribution in [-0.4, -0.2) is 52.6 Å². The highest BCUT2D eigenvalue weighted by Gasteiger charge is 2.22. The lowest BCUT2D eigenvalue weighted by molar-refractivity contribution is 0.324. The molecule has 0 radical (unpaired) electrons. The number of ether oxygens (including phenoxy) is 3. The monoisotopic (exact) mass is 374 g/mol. The molecule has 1 unspecified atom stereocenters. The topological polar surface area (TPSA) is 43.3 Å². The maximum Gasteiger partial charge on any atom is 0.203 e. The Morgan fingerprint density at radius 1 is 1.04 bits per heavy atom. The van der Waals surface area contributed by atoms with Gasteiger partial charge in [-0.3, -0.25) is 4.99 Å². The lowest BCUT2D eigenvalue weighted by atomic mass is 9.98. The third-order valence-corrected chi connectivity index (χ3v) is 4.70. The summed E-state index contributed by atoms with van der Waals surface area (Å²) < 4.78 is 16.4. The Balaban J connectivity index is 2.21. The molecule has 2 aromatic carbocycles. The molecule has 1 aliphatic rings. The van der Waals surface area contributed by atoms with Gasteiger partial charge in [0.2, 0.25) is 5.75 Å². The van der Waals surface area contributed by atoms with Crippen molar-refractivity contribution in [2.75, 3.05) is 46.4 Å². The Kier molecular flexibility index (Phi) is 5.57. The van der Waals surface area contributed by atoms with Gasteiger partial charge in [-0.25, -0.2) is 0 Å². The minimum atomic E-state index is -0.0644. The van der Waals surface area contributed by atoms with Crippen molar-refractivity contribution in [2.24, 2.45) is 4.99 Å². The van der Waals surface area contributed by atoms with Gasteiger partial charge in [-0.15, -0.1) is 11.6 Å². The number of hydrogen-bond donors (Lipinski definition) is 0. The van der Waals surface area contributed by atoms with Crippen LogP contribution >= 0.6 is 11.6 Å². The van der Waals surface area contributed by atoms with E-state index in [-0.39, 0.29) is 5.38 Å². The fourth-order valence-electron chi connectivity index (χ4n) is 3.20. The molecular weight excluding hydrogens is 352 g/mol. The van der Waals surface area contributed by atoms with Crippen LogP contribution in [0.4, 0.5) is 5.69 Å². The number of para-hydroxylation sites is 1. The van der Waals surface area contributed by atoms with Gasteiger partial charge in [0, 0.05) is 30.4 Å². The third kappa shape index (κ3) is 3.44. The molecule has 26 heavy (non-hydrogen) atoms. The van der Waals surface area contributed by atoms with E-state index >= 15 is 0 Å². The van der Waals surface area contributed by atoms with Gasteiger partial charge >= 0.3 is 0 Å². The second kappa shape index (κ2) is 7.87. The van der Waals surface area contributed by atoms with Crippen molar-refractivity contribution < 1.29 is 14.2 Å². The maximum absolute atomic E-state index is 6.45. The standard InChI is InChI=1S/C20H23ClN2O3/c1-23-12-14(21)11-22-19(15-7-5-6-8-16(15)23)13-9-17(24-2)20(26-4)18(10-13)25-3/h5-10,14H,11-12H2,1-4H3/b22-19-. The molecule has 0 bridgehead atoms. The first-order valence-corrected chi connectivity index (χ1v) is 8.82. The summed E-state index contributed by atoms with van der Waals surface area (Å²) in [4.78, 5) is 6.99. The van der Waals surface area contributed by atoms with E-state index in [0.29, 0.717) is 23.8 Å². The number of methoxy groups -OCH3 is 3. The lowest BCUT2D eigenvalue weighted by Gasteiger charge is -2.27. The van der Waals surface area contributed by atoms with Crippen LogP contribution in [0, 0.1) is 0 Å². The zero-order valence-corrected chi connectivity index (χ0v) is 16.2. The van der Waals surface area contributed by atoms with E-state index in [4.69, 9.17) is 30.8 Å². The van der Waals surface area contributed by atoms with Gasteiger partial charge in [0.15, 0.2) is 11.5 Å². The van der Waals surface area contributed by atoms with Gasteiger partial charge in [-0.2, -0.15) is 0 Å². The molecular formula is C20H23ClN2O3. The number of nitrogens with zero attached hydrogens (tertiary/aromatic N) is 2. The average molecular weight is 375 g/mol. The molecule has 0 saturated carbocycles. The minimum absolute atomic E-state index is 0.0644.